The van der Waals surface area contributed by atoms with E-state index < -0.39 is 5.97 Å². The van der Waals surface area contributed by atoms with Crippen molar-refractivity contribution in [3.05, 3.63) is 75.9 Å². The maximum atomic E-state index is 12.5. The lowest BCUT2D eigenvalue weighted by Gasteiger charge is -2.39. The molecule has 1 heterocycles. The number of hydrogen-bond donors (Lipinski definition) is 1. The van der Waals surface area contributed by atoms with Crippen LogP contribution in [0.15, 0.2) is 48.0 Å². The number of aryl methyl sites for hydroxylation is 1. The second-order valence-electron chi connectivity index (χ2n) is 12.5. The van der Waals surface area contributed by atoms with Crippen LogP contribution in [0.3, 0.4) is 0 Å². The largest absolute Gasteiger partial charge is 0.478 e. The summed E-state index contributed by atoms with van der Waals surface area (Å²) in [5.74, 6) is 0.405. The highest BCUT2D eigenvalue weighted by Gasteiger charge is 2.33. The molecule has 3 aliphatic rings. The Balaban J connectivity index is 0.00000336. The fourth-order valence-electron chi connectivity index (χ4n) is 7.10. The van der Waals surface area contributed by atoms with Crippen LogP contribution in [0.1, 0.15) is 91.4 Å². The third-order valence-electron chi connectivity index (χ3n) is 8.94. The second kappa shape index (κ2) is 12.3. The van der Waals surface area contributed by atoms with Gasteiger partial charge in [-0.2, -0.15) is 0 Å². The van der Waals surface area contributed by atoms with E-state index >= 15 is 0 Å². The number of benzene rings is 2. The molecule has 5 rings (SSSR count). The summed E-state index contributed by atoms with van der Waals surface area (Å²) >= 11 is 0. The summed E-state index contributed by atoms with van der Waals surface area (Å²) in [6.07, 6.45) is 9.87. The molecule has 5 heteroatoms. The Kier molecular flexibility index (Phi) is 9.36. The van der Waals surface area contributed by atoms with E-state index in [2.05, 4.69) is 49.1 Å². The number of fused-ring (bicyclic) bond motifs is 1. The van der Waals surface area contributed by atoms with Gasteiger partial charge in [-0.15, -0.1) is 12.4 Å². The predicted molar refractivity (Wildman–Crippen MR) is 156 cm³/mol. The molecule has 1 unspecified atom stereocenters. The molecule has 2 aromatic carbocycles. The van der Waals surface area contributed by atoms with Crippen LogP contribution in [0, 0.1) is 17.3 Å². The summed E-state index contributed by atoms with van der Waals surface area (Å²) in [5.41, 5.74) is 8.75. The van der Waals surface area contributed by atoms with Crippen LogP contribution in [0.25, 0.3) is 5.57 Å². The molecule has 0 radical (unpaired) electrons. The van der Waals surface area contributed by atoms with Gasteiger partial charge in [-0.3, -0.25) is 4.39 Å². The van der Waals surface area contributed by atoms with E-state index in [4.69, 9.17) is 0 Å². The summed E-state index contributed by atoms with van der Waals surface area (Å²) in [6.45, 7) is 7.64. The van der Waals surface area contributed by atoms with Gasteiger partial charge in [0.1, 0.15) is 0 Å². The zero-order valence-corrected chi connectivity index (χ0v) is 23.8. The van der Waals surface area contributed by atoms with Gasteiger partial charge < -0.3 is 10.0 Å². The van der Waals surface area contributed by atoms with Crippen molar-refractivity contribution in [2.24, 2.45) is 17.3 Å². The number of aromatic carboxylic acids is 1. The van der Waals surface area contributed by atoms with Gasteiger partial charge in [0.15, 0.2) is 0 Å². The van der Waals surface area contributed by atoms with Gasteiger partial charge in [0.2, 0.25) is 0 Å². The molecule has 2 aliphatic carbocycles. The highest BCUT2D eigenvalue weighted by Crippen LogP contribution is 2.47. The first kappa shape index (κ1) is 28.8. The van der Waals surface area contributed by atoms with E-state index in [1.165, 1.54) is 53.5 Å². The zero-order valence-electron chi connectivity index (χ0n) is 23.0. The number of alkyl halides is 1. The summed E-state index contributed by atoms with van der Waals surface area (Å²) in [5, 5.41) is 9.61. The molecule has 0 spiro atoms. The lowest BCUT2D eigenvalue weighted by molar-refractivity contribution is 0.0696. The van der Waals surface area contributed by atoms with Crippen LogP contribution in [-0.2, 0) is 12.8 Å². The molecule has 3 nitrogen and oxygen atoms in total. The fourth-order valence-corrected chi connectivity index (χ4v) is 7.10. The first-order valence-corrected chi connectivity index (χ1v) is 14.3. The molecule has 1 saturated carbocycles. The van der Waals surface area contributed by atoms with E-state index in [-0.39, 0.29) is 19.1 Å². The van der Waals surface area contributed by atoms with E-state index in [0.29, 0.717) is 29.2 Å². The monoisotopic (exact) mass is 539 g/mol. The smallest absolute Gasteiger partial charge is 0.335 e. The SMILES string of the molecule is CC1(C)CCCC(C2=C(c3ccc(CC4CN(CCCF)C4)cc3)c3ccc(C(=O)O)cc3CCC2)C1.Cl. The quantitative estimate of drug-likeness (QED) is 0.369. The first-order chi connectivity index (χ1) is 17.8. The van der Waals surface area contributed by atoms with Crippen molar-refractivity contribution in [2.45, 2.75) is 71.6 Å². The van der Waals surface area contributed by atoms with E-state index in [9.17, 15) is 14.3 Å². The minimum absolute atomic E-state index is 0. The van der Waals surface area contributed by atoms with Gasteiger partial charge in [-0.25, -0.2) is 4.79 Å². The number of carbonyl (C=O) groups is 1. The Bertz CT molecular complexity index is 1150. The number of halogens is 2. The molecule has 206 valence electrons. The average Bonchev–Trinajstić information content (AvgIpc) is 3.04. The topological polar surface area (TPSA) is 40.5 Å². The summed E-state index contributed by atoms with van der Waals surface area (Å²) in [6, 6.07) is 15.0. The summed E-state index contributed by atoms with van der Waals surface area (Å²) in [4.78, 5) is 14.1. The zero-order chi connectivity index (χ0) is 26.0. The number of likely N-dealkylation sites (tertiary alicyclic amines) is 1. The second-order valence-corrected chi connectivity index (χ2v) is 12.5. The number of nitrogens with zero attached hydrogens (tertiary/aromatic N) is 1. The normalized spacial score (nSPS) is 21.7. The summed E-state index contributed by atoms with van der Waals surface area (Å²) in [7, 11) is 0. The molecular weight excluding hydrogens is 497 g/mol. The van der Waals surface area contributed by atoms with Crippen molar-refractivity contribution in [2.75, 3.05) is 26.3 Å². The lowest BCUT2D eigenvalue weighted by Crippen LogP contribution is -2.47. The van der Waals surface area contributed by atoms with Crippen molar-refractivity contribution in [1.82, 2.24) is 4.90 Å². The van der Waals surface area contributed by atoms with Crippen LogP contribution in [0.4, 0.5) is 4.39 Å². The Hall–Kier alpha value is -2.17. The molecule has 1 atom stereocenters. The number of allylic oxidation sites excluding steroid dienone is 1. The molecule has 1 aliphatic heterocycles. The summed E-state index contributed by atoms with van der Waals surface area (Å²) < 4.78 is 12.5. The molecule has 1 saturated heterocycles. The van der Waals surface area contributed by atoms with E-state index in [1.54, 1.807) is 11.6 Å². The van der Waals surface area contributed by atoms with Gasteiger partial charge in [0, 0.05) is 19.6 Å². The number of carboxylic acids is 1. The van der Waals surface area contributed by atoms with Gasteiger partial charge >= 0.3 is 5.97 Å². The van der Waals surface area contributed by atoms with Crippen molar-refractivity contribution in [3.8, 4) is 0 Å². The van der Waals surface area contributed by atoms with Crippen LogP contribution in [-0.4, -0.2) is 42.3 Å². The Morgan fingerprint density at radius 2 is 1.84 bits per heavy atom. The van der Waals surface area contributed by atoms with Gasteiger partial charge in [0.25, 0.3) is 0 Å². The van der Waals surface area contributed by atoms with E-state index in [1.807, 2.05) is 6.07 Å². The standard InChI is InChI=1S/C33H42FNO2.ClH/c1-33(2)15-4-7-28(20-33)29-8-3-6-26-19-27(32(36)37)13-14-30(26)31(29)25-11-9-23(10-12-25)18-24-21-35(22-24)17-5-16-34;/h9-14,19,24,28H,3-8,15-18,20-22H2,1-2H3,(H,36,37);1H. The Labute approximate surface area is 233 Å². The third-order valence-corrected chi connectivity index (χ3v) is 8.94. The van der Waals surface area contributed by atoms with Crippen molar-refractivity contribution < 1.29 is 14.3 Å². The highest BCUT2D eigenvalue weighted by atomic mass is 35.5. The number of carboxylic acid groups (broad SMARTS) is 1. The minimum atomic E-state index is -0.851. The highest BCUT2D eigenvalue weighted by molar-refractivity contribution is 5.90. The maximum absolute atomic E-state index is 12.5. The molecular formula is C33H43ClFNO2. The molecule has 2 fully saturated rings. The van der Waals surface area contributed by atoms with Gasteiger partial charge in [-0.05, 0) is 109 Å². The fraction of sp³-hybridized carbons (Fsp3) is 0.545. The van der Waals surface area contributed by atoms with Crippen molar-refractivity contribution in [1.29, 1.82) is 0 Å². The number of rotatable bonds is 8. The third kappa shape index (κ3) is 6.51. The van der Waals surface area contributed by atoms with Gasteiger partial charge in [0.05, 0.1) is 12.2 Å². The van der Waals surface area contributed by atoms with Crippen molar-refractivity contribution in [3.63, 3.8) is 0 Å². The molecule has 2 aromatic rings. The van der Waals surface area contributed by atoms with Crippen molar-refractivity contribution >= 4 is 23.9 Å². The average molecular weight is 540 g/mol. The van der Waals surface area contributed by atoms with E-state index in [0.717, 1.165) is 45.3 Å². The van der Waals surface area contributed by atoms with Gasteiger partial charge in [-0.1, -0.05) is 56.2 Å². The molecule has 38 heavy (non-hydrogen) atoms. The van der Waals surface area contributed by atoms with Crippen LogP contribution < -0.4 is 0 Å². The Morgan fingerprint density at radius 1 is 1.08 bits per heavy atom. The number of hydrogen-bond acceptors (Lipinski definition) is 2. The Morgan fingerprint density at radius 3 is 2.53 bits per heavy atom. The first-order valence-electron chi connectivity index (χ1n) is 14.3. The lowest BCUT2D eigenvalue weighted by atomic mass is 9.68. The minimum Gasteiger partial charge on any atom is -0.478 e. The van der Waals surface area contributed by atoms with Crippen LogP contribution in [0.5, 0.6) is 0 Å². The molecule has 0 amide bonds. The predicted octanol–water partition coefficient (Wildman–Crippen LogP) is 8.00. The molecule has 0 bridgehead atoms. The van der Waals surface area contributed by atoms with Crippen LogP contribution >= 0.6 is 12.4 Å². The molecule has 1 N–H and O–H groups in total. The van der Waals surface area contributed by atoms with Crippen LogP contribution in [0.2, 0.25) is 0 Å². The molecule has 0 aromatic heterocycles. The maximum Gasteiger partial charge on any atom is 0.335 e.